The first-order valence-electron chi connectivity index (χ1n) is 12.5. The lowest BCUT2D eigenvalue weighted by atomic mass is 10.0. The van der Waals surface area contributed by atoms with Crippen molar-refractivity contribution in [2.45, 2.75) is 158 Å². The van der Waals surface area contributed by atoms with E-state index in [0.717, 1.165) is 0 Å². The molecule has 0 aliphatic carbocycles. The van der Waals surface area contributed by atoms with Crippen LogP contribution in [0.25, 0.3) is 0 Å². The first-order chi connectivity index (χ1) is 13.2. The average molecular weight is 510 g/mol. The van der Waals surface area contributed by atoms with Crippen molar-refractivity contribution in [3.63, 3.8) is 0 Å². The van der Waals surface area contributed by atoms with E-state index in [1.807, 2.05) is 0 Å². The van der Waals surface area contributed by atoms with E-state index in [1.54, 1.807) is 0 Å². The SMILES string of the molecule is CCCCCCCCCCCCCCCC(Br)C(Br)CCCCCCCC. The predicted octanol–water partition coefficient (Wildman–Crippen LogP) is 10.7. The van der Waals surface area contributed by atoms with E-state index in [2.05, 4.69) is 45.7 Å². The van der Waals surface area contributed by atoms with Gasteiger partial charge in [0.1, 0.15) is 0 Å². The molecule has 0 aromatic rings. The highest BCUT2D eigenvalue weighted by Gasteiger charge is 2.14. The van der Waals surface area contributed by atoms with Gasteiger partial charge < -0.3 is 0 Å². The zero-order valence-electron chi connectivity index (χ0n) is 18.8. The molecule has 0 bridgehead atoms. The molecule has 0 rings (SSSR count). The molecule has 0 aliphatic rings. The summed E-state index contributed by atoms with van der Waals surface area (Å²) in [7, 11) is 0. The van der Waals surface area contributed by atoms with Crippen molar-refractivity contribution in [2.75, 3.05) is 0 Å². The second-order valence-electron chi connectivity index (χ2n) is 8.62. The van der Waals surface area contributed by atoms with Crippen LogP contribution >= 0.6 is 31.9 Å². The predicted molar refractivity (Wildman–Crippen MR) is 134 cm³/mol. The van der Waals surface area contributed by atoms with Gasteiger partial charge in [0.05, 0.1) is 0 Å². The molecule has 0 amide bonds. The molecular weight excluding hydrogens is 460 g/mol. The monoisotopic (exact) mass is 508 g/mol. The molecule has 0 saturated heterocycles. The van der Waals surface area contributed by atoms with Gasteiger partial charge in [0.2, 0.25) is 0 Å². The Morgan fingerprint density at radius 1 is 0.370 bits per heavy atom. The summed E-state index contributed by atoms with van der Waals surface area (Å²) in [6.07, 6.45) is 29.9. The van der Waals surface area contributed by atoms with E-state index in [-0.39, 0.29) is 0 Å². The molecule has 0 aromatic carbocycles. The summed E-state index contributed by atoms with van der Waals surface area (Å²) in [4.78, 5) is 1.34. The average Bonchev–Trinajstić information content (AvgIpc) is 2.67. The van der Waals surface area contributed by atoms with Crippen LogP contribution in [0.15, 0.2) is 0 Å². The molecule has 0 radical (unpaired) electrons. The zero-order valence-corrected chi connectivity index (χ0v) is 21.9. The minimum Gasteiger partial charge on any atom is -0.0879 e. The summed E-state index contributed by atoms with van der Waals surface area (Å²) in [6.45, 7) is 4.59. The van der Waals surface area contributed by atoms with Crippen molar-refractivity contribution >= 4 is 31.9 Å². The van der Waals surface area contributed by atoms with Crippen LogP contribution in [-0.4, -0.2) is 9.65 Å². The van der Waals surface area contributed by atoms with E-state index in [9.17, 15) is 0 Å². The minimum atomic E-state index is 0.667. The Morgan fingerprint density at radius 2 is 0.593 bits per heavy atom. The molecule has 0 saturated carbocycles. The summed E-state index contributed by atoms with van der Waals surface area (Å²) in [5.74, 6) is 0. The highest BCUT2D eigenvalue weighted by molar-refractivity contribution is 9.12. The van der Waals surface area contributed by atoms with Gasteiger partial charge in [-0.3, -0.25) is 0 Å². The number of rotatable bonds is 22. The molecule has 0 heterocycles. The fourth-order valence-corrected chi connectivity index (χ4v) is 5.01. The molecule has 0 aromatic heterocycles. The van der Waals surface area contributed by atoms with Gasteiger partial charge >= 0.3 is 0 Å². The summed E-state index contributed by atoms with van der Waals surface area (Å²) >= 11 is 7.84. The van der Waals surface area contributed by atoms with Crippen molar-refractivity contribution in [1.82, 2.24) is 0 Å². The Kier molecular flexibility index (Phi) is 24.1. The second-order valence-corrected chi connectivity index (χ2v) is 11.0. The van der Waals surface area contributed by atoms with Gasteiger partial charge in [-0.25, -0.2) is 0 Å². The number of unbranched alkanes of at least 4 members (excludes halogenated alkanes) is 17. The Balaban J connectivity index is 3.27. The number of alkyl halides is 2. The van der Waals surface area contributed by atoms with Crippen molar-refractivity contribution in [3.8, 4) is 0 Å². The van der Waals surface area contributed by atoms with E-state index in [4.69, 9.17) is 0 Å². The quantitative estimate of drug-likeness (QED) is 0.100. The maximum absolute atomic E-state index is 3.92. The summed E-state index contributed by atoms with van der Waals surface area (Å²) in [5.41, 5.74) is 0. The van der Waals surface area contributed by atoms with E-state index in [0.29, 0.717) is 9.65 Å². The topological polar surface area (TPSA) is 0 Å². The first-order valence-corrected chi connectivity index (χ1v) is 14.3. The molecular formula is C25H50Br2. The molecule has 0 fully saturated rings. The van der Waals surface area contributed by atoms with Crippen LogP contribution in [0.1, 0.15) is 149 Å². The van der Waals surface area contributed by atoms with Crippen molar-refractivity contribution in [3.05, 3.63) is 0 Å². The Labute approximate surface area is 189 Å². The van der Waals surface area contributed by atoms with Crippen LogP contribution in [0, 0.1) is 0 Å². The maximum atomic E-state index is 3.92. The number of hydrogen-bond acceptors (Lipinski definition) is 0. The van der Waals surface area contributed by atoms with E-state index in [1.165, 1.54) is 135 Å². The Morgan fingerprint density at radius 3 is 0.852 bits per heavy atom. The fraction of sp³-hybridized carbons (Fsp3) is 1.00. The molecule has 0 N–H and O–H groups in total. The van der Waals surface area contributed by atoms with Crippen LogP contribution in [0.5, 0.6) is 0 Å². The van der Waals surface area contributed by atoms with Crippen LogP contribution in [-0.2, 0) is 0 Å². The van der Waals surface area contributed by atoms with E-state index < -0.39 is 0 Å². The third-order valence-electron chi connectivity index (χ3n) is 5.81. The summed E-state index contributed by atoms with van der Waals surface area (Å²) < 4.78 is 0. The van der Waals surface area contributed by atoms with Crippen molar-refractivity contribution < 1.29 is 0 Å². The lowest BCUT2D eigenvalue weighted by molar-refractivity contribution is 0.528. The van der Waals surface area contributed by atoms with Crippen molar-refractivity contribution in [1.29, 1.82) is 0 Å². The zero-order chi connectivity index (χ0) is 20.0. The summed E-state index contributed by atoms with van der Waals surface area (Å²) in [5, 5.41) is 0. The fourth-order valence-electron chi connectivity index (χ4n) is 3.84. The van der Waals surface area contributed by atoms with Crippen LogP contribution in [0.2, 0.25) is 0 Å². The lowest BCUT2D eigenvalue weighted by Gasteiger charge is -2.16. The Hall–Kier alpha value is 0.960. The third-order valence-corrected chi connectivity index (χ3v) is 8.71. The van der Waals surface area contributed by atoms with Gasteiger partial charge in [0, 0.05) is 9.65 Å². The normalized spacial score (nSPS) is 13.8. The molecule has 2 unspecified atom stereocenters. The van der Waals surface area contributed by atoms with Gasteiger partial charge in [-0.05, 0) is 12.8 Å². The lowest BCUT2D eigenvalue weighted by Crippen LogP contribution is -2.13. The van der Waals surface area contributed by atoms with Gasteiger partial charge in [-0.15, -0.1) is 0 Å². The number of halogens is 2. The van der Waals surface area contributed by atoms with Gasteiger partial charge in [0.15, 0.2) is 0 Å². The van der Waals surface area contributed by atoms with Gasteiger partial charge in [0.25, 0.3) is 0 Å². The molecule has 0 aliphatic heterocycles. The second kappa shape index (κ2) is 23.2. The molecule has 0 nitrogen and oxygen atoms in total. The third kappa shape index (κ3) is 21.5. The highest BCUT2D eigenvalue weighted by Crippen LogP contribution is 2.25. The maximum Gasteiger partial charge on any atom is 0.0271 e. The Bertz CT molecular complexity index is 267. The molecule has 2 heteroatoms. The van der Waals surface area contributed by atoms with Crippen molar-refractivity contribution in [2.24, 2.45) is 0 Å². The highest BCUT2D eigenvalue weighted by atomic mass is 79.9. The first kappa shape index (κ1) is 28.0. The molecule has 0 spiro atoms. The number of hydrogen-bond donors (Lipinski definition) is 0. The van der Waals surface area contributed by atoms with Crippen LogP contribution in [0.3, 0.4) is 0 Å². The minimum absolute atomic E-state index is 0.667. The van der Waals surface area contributed by atoms with E-state index >= 15 is 0 Å². The van der Waals surface area contributed by atoms with Gasteiger partial charge in [-0.2, -0.15) is 0 Å². The molecule has 27 heavy (non-hydrogen) atoms. The largest absolute Gasteiger partial charge is 0.0879 e. The standard InChI is InChI=1S/C25H50Br2/c1-3-5-7-9-11-12-13-14-15-16-17-19-21-23-25(27)24(26)22-20-18-10-8-6-4-2/h24-25H,3-23H2,1-2H3. The van der Waals surface area contributed by atoms with Crippen LogP contribution in [0.4, 0.5) is 0 Å². The molecule has 2 atom stereocenters. The summed E-state index contributed by atoms with van der Waals surface area (Å²) in [6, 6.07) is 0. The molecule has 164 valence electrons. The smallest absolute Gasteiger partial charge is 0.0271 e. The van der Waals surface area contributed by atoms with Gasteiger partial charge in [-0.1, -0.05) is 168 Å². The van der Waals surface area contributed by atoms with Crippen LogP contribution < -0.4 is 0 Å².